The zero-order valence-corrected chi connectivity index (χ0v) is 12.8. The van der Waals surface area contributed by atoms with Crippen LogP contribution in [0.5, 0.6) is 0 Å². The third-order valence-electron chi connectivity index (χ3n) is 4.63. The van der Waals surface area contributed by atoms with Crippen LogP contribution in [0, 0.1) is 5.41 Å². The first-order valence-electron chi connectivity index (χ1n) is 7.91. The number of carbonyl (C=O) groups is 2. The van der Waals surface area contributed by atoms with Crippen LogP contribution in [-0.2, 0) is 6.42 Å². The van der Waals surface area contributed by atoms with Crippen molar-refractivity contribution in [2.24, 2.45) is 5.41 Å². The van der Waals surface area contributed by atoms with Gasteiger partial charge in [0.15, 0.2) is 12.1 Å². The highest BCUT2D eigenvalue weighted by Gasteiger charge is 2.37. The van der Waals surface area contributed by atoms with E-state index in [0.717, 1.165) is 19.1 Å². The van der Waals surface area contributed by atoms with E-state index >= 15 is 0 Å². The van der Waals surface area contributed by atoms with Gasteiger partial charge in [-0.25, -0.2) is 0 Å². The van der Waals surface area contributed by atoms with Gasteiger partial charge in [-0.1, -0.05) is 33.1 Å². The predicted octanol–water partition coefficient (Wildman–Crippen LogP) is 3.99. The van der Waals surface area contributed by atoms with Crippen molar-refractivity contribution in [3.05, 3.63) is 16.9 Å². The summed E-state index contributed by atoms with van der Waals surface area (Å²) in [7, 11) is 0. The Bertz CT molecular complexity index is 565. The average Bonchev–Trinajstić information content (AvgIpc) is 2.75. The molecule has 114 valence electrons. The molecule has 1 saturated carbocycles. The van der Waals surface area contributed by atoms with Gasteiger partial charge in [0.05, 0.1) is 11.1 Å². The number of nitrogens with one attached hydrogen (secondary N) is 1. The van der Waals surface area contributed by atoms with Crippen molar-refractivity contribution in [3.8, 4) is 0 Å². The van der Waals surface area contributed by atoms with Crippen molar-refractivity contribution in [2.45, 2.75) is 64.8 Å². The number of hydrogen-bond donors (Lipinski definition) is 1. The molecule has 4 nitrogen and oxygen atoms in total. The number of furan rings is 1. The van der Waals surface area contributed by atoms with Crippen LogP contribution < -0.4 is 5.32 Å². The molecular formula is C17H23NO3. The highest BCUT2D eigenvalue weighted by atomic mass is 16.4. The first-order valence-corrected chi connectivity index (χ1v) is 7.91. The molecule has 0 amide bonds. The number of hydrogen-bond acceptors (Lipinski definition) is 4. The van der Waals surface area contributed by atoms with Crippen molar-refractivity contribution in [3.63, 3.8) is 0 Å². The van der Waals surface area contributed by atoms with Crippen molar-refractivity contribution < 1.29 is 14.0 Å². The smallest absolute Gasteiger partial charge is 0.204 e. The maximum atomic E-state index is 12.3. The van der Waals surface area contributed by atoms with Gasteiger partial charge in [-0.05, 0) is 18.3 Å². The van der Waals surface area contributed by atoms with E-state index in [9.17, 15) is 9.59 Å². The van der Waals surface area contributed by atoms with E-state index in [4.69, 9.17) is 4.42 Å². The molecule has 1 heterocycles. The average molecular weight is 289 g/mol. The van der Waals surface area contributed by atoms with Crippen LogP contribution in [0.3, 0.4) is 0 Å². The normalized spacial score (nSPS) is 21.9. The van der Waals surface area contributed by atoms with Crippen molar-refractivity contribution >= 4 is 18.0 Å². The molecule has 0 atom stereocenters. The lowest BCUT2D eigenvalue weighted by molar-refractivity contribution is 0.0900. The van der Waals surface area contributed by atoms with Gasteiger partial charge in [0.2, 0.25) is 5.88 Å². The molecule has 2 aliphatic rings. The van der Waals surface area contributed by atoms with Crippen LogP contribution in [0.1, 0.15) is 78.8 Å². The number of aldehydes is 1. The van der Waals surface area contributed by atoms with Gasteiger partial charge in [-0.3, -0.25) is 9.59 Å². The summed E-state index contributed by atoms with van der Waals surface area (Å²) in [5.41, 5.74) is 0.850. The number of carbonyl (C=O) groups excluding carboxylic acids is 2. The lowest BCUT2D eigenvalue weighted by Gasteiger charge is -2.27. The lowest BCUT2D eigenvalue weighted by atomic mass is 9.76. The van der Waals surface area contributed by atoms with E-state index in [2.05, 4.69) is 19.2 Å². The van der Waals surface area contributed by atoms with Gasteiger partial charge in [-0.2, -0.15) is 0 Å². The fourth-order valence-electron chi connectivity index (χ4n) is 3.60. The molecule has 0 aliphatic heterocycles. The van der Waals surface area contributed by atoms with Crippen molar-refractivity contribution in [1.82, 2.24) is 0 Å². The summed E-state index contributed by atoms with van der Waals surface area (Å²) >= 11 is 0. The molecule has 2 aliphatic carbocycles. The van der Waals surface area contributed by atoms with Crippen LogP contribution >= 0.6 is 0 Å². The van der Waals surface area contributed by atoms with Crippen LogP contribution in [-0.4, -0.2) is 18.1 Å². The highest BCUT2D eigenvalue weighted by molar-refractivity contribution is 6.07. The Kier molecular flexibility index (Phi) is 3.64. The van der Waals surface area contributed by atoms with Crippen LogP contribution in [0.15, 0.2) is 4.42 Å². The SMILES string of the molecule is CC1(C)CC(=O)c2c(oc(NC3CCCCC3)c2C=O)C1. The van der Waals surface area contributed by atoms with Gasteiger partial charge in [0.25, 0.3) is 0 Å². The molecule has 0 saturated heterocycles. The maximum absolute atomic E-state index is 12.3. The standard InChI is InChI=1S/C17H23NO3/c1-17(2)8-13(20)15-12(10-19)16(21-14(15)9-17)18-11-6-4-3-5-7-11/h10-11,18H,3-9H2,1-2H3. The Hall–Kier alpha value is -1.58. The first kappa shape index (κ1) is 14.4. The minimum absolute atomic E-state index is 0.0313. The van der Waals surface area contributed by atoms with E-state index in [0.29, 0.717) is 41.7 Å². The van der Waals surface area contributed by atoms with E-state index in [1.807, 2.05) is 0 Å². The monoisotopic (exact) mass is 289 g/mol. The number of ketones is 1. The van der Waals surface area contributed by atoms with Gasteiger partial charge in [-0.15, -0.1) is 0 Å². The summed E-state index contributed by atoms with van der Waals surface area (Å²) in [6.07, 6.45) is 7.85. The second-order valence-electron chi connectivity index (χ2n) is 7.18. The molecule has 3 rings (SSSR count). The summed E-state index contributed by atoms with van der Waals surface area (Å²) in [5.74, 6) is 1.22. The Morgan fingerprint density at radius 2 is 1.90 bits per heavy atom. The Balaban J connectivity index is 1.91. The third kappa shape index (κ3) is 2.76. The van der Waals surface area contributed by atoms with Crippen molar-refractivity contribution in [1.29, 1.82) is 0 Å². The summed E-state index contributed by atoms with van der Waals surface area (Å²) in [6, 6.07) is 0.355. The van der Waals surface area contributed by atoms with E-state index in [1.165, 1.54) is 19.3 Å². The molecule has 21 heavy (non-hydrogen) atoms. The molecule has 1 aromatic rings. The van der Waals surface area contributed by atoms with Crippen LogP contribution in [0.25, 0.3) is 0 Å². The maximum Gasteiger partial charge on any atom is 0.204 e. The quantitative estimate of drug-likeness (QED) is 0.855. The fourth-order valence-corrected chi connectivity index (χ4v) is 3.60. The Morgan fingerprint density at radius 1 is 1.19 bits per heavy atom. The lowest BCUT2D eigenvalue weighted by Crippen LogP contribution is -2.26. The second kappa shape index (κ2) is 5.32. The first-order chi connectivity index (χ1) is 10.00. The molecule has 0 unspecified atom stereocenters. The molecule has 1 N–H and O–H groups in total. The van der Waals surface area contributed by atoms with Gasteiger partial charge in [0.1, 0.15) is 5.76 Å². The van der Waals surface area contributed by atoms with E-state index < -0.39 is 0 Å². The van der Waals surface area contributed by atoms with E-state index in [1.54, 1.807) is 0 Å². The summed E-state index contributed by atoms with van der Waals surface area (Å²) in [4.78, 5) is 23.8. The minimum atomic E-state index is -0.0931. The Labute approximate surface area is 125 Å². The van der Waals surface area contributed by atoms with Crippen molar-refractivity contribution in [2.75, 3.05) is 5.32 Å². The second-order valence-corrected chi connectivity index (χ2v) is 7.18. The molecule has 4 heteroatoms. The summed E-state index contributed by atoms with van der Waals surface area (Å²) < 4.78 is 5.87. The molecule has 1 aromatic heterocycles. The number of Topliss-reactive ketones (excluding diaryl/α,β-unsaturated/α-hetero) is 1. The summed E-state index contributed by atoms with van der Waals surface area (Å²) in [6.45, 7) is 4.12. The van der Waals surface area contributed by atoms with E-state index in [-0.39, 0.29) is 11.2 Å². The Morgan fingerprint density at radius 3 is 2.57 bits per heavy atom. The topological polar surface area (TPSA) is 59.3 Å². The molecule has 0 spiro atoms. The zero-order chi connectivity index (χ0) is 15.0. The molecule has 0 radical (unpaired) electrons. The van der Waals surface area contributed by atoms with Gasteiger partial charge < -0.3 is 9.73 Å². The van der Waals surface area contributed by atoms with Gasteiger partial charge >= 0.3 is 0 Å². The third-order valence-corrected chi connectivity index (χ3v) is 4.63. The predicted molar refractivity (Wildman–Crippen MR) is 81.0 cm³/mol. The number of fused-ring (bicyclic) bond motifs is 1. The summed E-state index contributed by atoms with van der Waals surface area (Å²) in [5, 5.41) is 3.36. The van der Waals surface area contributed by atoms with Crippen LogP contribution in [0.2, 0.25) is 0 Å². The molecule has 1 fully saturated rings. The highest BCUT2D eigenvalue weighted by Crippen LogP contribution is 2.40. The zero-order valence-electron chi connectivity index (χ0n) is 12.8. The minimum Gasteiger partial charge on any atom is -0.444 e. The van der Waals surface area contributed by atoms with Crippen LogP contribution in [0.4, 0.5) is 5.88 Å². The molecular weight excluding hydrogens is 266 g/mol. The molecule has 0 bridgehead atoms. The number of rotatable bonds is 3. The fraction of sp³-hybridized carbons (Fsp3) is 0.647. The number of anilines is 1. The largest absolute Gasteiger partial charge is 0.444 e. The van der Waals surface area contributed by atoms with Gasteiger partial charge in [0, 0.05) is 18.9 Å². The molecule has 0 aromatic carbocycles.